The molecule has 2 aromatic rings. The fourth-order valence-electron chi connectivity index (χ4n) is 6.78. The molecule has 6 rings (SSSR count). The second-order valence-corrected chi connectivity index (χ2v) is 9.62. The number of esters is 1. The molecule has 2 aromatic carbocycles. The minimum absolute atomic E-state index is 0.00357. The van der Waals surface area contributed by atoms with Gasteiger partial charge in [0.05, 0.1) is 12.5 Å². The van der Waals surface area contributed by atoms with Crippen molar-refractivity contribution in [2.45, 2.75) is 64.1 Å². The maximum absolute atomic E-state index is 12.9. The summed E-state index contributed by atoms with van der Waals surface area (Å²) >= 11 is 0. The molecule has 0 aromatic heterocycles. The molecule has 4 aliphatic rings. The van der Waals surface area contributed by atoms with Crippen molar-refractivity contribution < 1.29 is 9.53 Å². The van der Waals surface area contributed by atoms with Gasteiger partial charge >= 0.3 is 5.97 Å². The number of rotatable bonds is 4. The van der Waals surface area contributed by atoms with Gasteiger partial charge in [0.1, 0.15) is 0 Å². The number of fused-ring (bicyclic) bond motifs is 2. The summed E-state index contributed by atoms with van der Waals surface area (Å²) in [4.78, 5) is 15.6. The highest BCUT2D eigenvalue weighted by molar-refractivity contribution is 5.74. The molecule has 5 atom stereocenters. The number of piperidine rings is 2. The van der Waals surface area contributed by atoms with Gasteiger partial charge in [0.2, 0.25) is 0 Å². The Morgan fingerprint density at radius 2 is 1.79 bits per heavy atom. The molecule has 2 saturated heterocycles. The highest BCUT2D eigenvalue weighted by atomic mass is 16.5. The summed E-state index contributed by atoms with van der Waals surface area (Å²) in [5.74, 6) is -0.0330. The number of benzene rings is 2. The third-order valence-electron chi connectivity index (χ3n) is 8.37. The molecule has 0 N–H and O–H groups in total. The van der Waals surface area contributed by atoms with E-state index in [-0.39, 0.29) is 28.8 Å². The van der Waals surface area contributed by atoms with Crippen LogP contribution in [-0.2, 0) is 27.9 Å². The van der Waals surface area contributed by atoms with E-state index in [1.54, 1.807) is 0 Å². The summed E-state index contributed by atoms with van der Waals surface area (Å²) in [5, 5.41) is 0. The first-order valence-corrected chi connectivity index (χ1v) is 11.0. The van der Waals surface area contributed by atoms with Gasteiger partial charge in [-0.2, -0.15) is 0 Å². The Balaban J connectivity index is 1.60. The van der Waals surface area contributed by atoms with Gasteiger partial charge in [-0.25, -0.2) is 0 Å². The van der Waals surface area contributed by atoms with Crippen LogP contribution in [0, 0.1) is 11.3 Å². The zero-order valence-corrected chi connectivity index (χ0v) is 17.7. The number of carbonyl (C=O) groups excluding carboxylic acids is 1. The predicted molar refractivity (Wildman–Crippen MR) is 115 cm³/mol. The lowest BCUT2D eigenvalue weighted by Crippen LogP contribution is -2.74. The van der Waals surface area contributed by atoms with E-state index in [1.807, 2.05) is 6.92 Å². The molecule has 0 spiro atoms. The fourth-order valence-corrected chi connectivity index (χ4v) is 6.78. The number of hydrogen-bond donors (Lipinski definition) is 0. The predicted octanol–water partition coefficient (Wildman–Crippen LogP) is 4.73. The number of ether oxygens (including phenoxy) is 1. The largest absolute Gasteiger partial charge is 0.466 e. The molecule has 0 radical (unpaired) electrons. The van der Waals surface area contributed by atoms with Crippen LogP contribution in [0.3, 0.4) is 0 Å². The van der Waals surface area contributed by atoms with Crippen LogP contribution in [-0.4, -0.2) is 29.6 Å². The molecule has 3 fully saturated rings. The highest BCUT2D eigenvalue weighted by Crippen LogP contribution is 2.65. The third-order valence-corrected chi connectivity index (χ3v) is 8.37. The Morgan fingerprint density at radius 3 is 2.55 bits per heavy atom. The zero-order chi connectivity index (χ0) is 20.2. The second-order valence-electron chi connectivity index (χ2n) is 9.62. The average Bonchev–Trinajstić information content (AvgIpc) is 2.72. The molecule has 4 bridgehead atoms. The topological polar surface area (TPSA) is 29.5 Å². The van der Waals surface area contributed by atoms with E-state index < -0.39 is 0 Å². The summed E-state index contributed by atoms with van der Waals surface area (Å²) in [5.41, 5.74) is 4.48. The van der Waals surface area contributed by atoms with Crippen LogP contribution in [0.1, 0.15) is 50.3 Å². The smallest absolute Gasteiger partial charge is 0.310 e. The molecule has 3 unspecified atom stereocenters. The van der Waals surface area contributed by atoms with Gasteiger partial charge in [-0.3, -0.25) is 9.69 Å². The molecule has 2 aliphatic heterocycles. The second kappa shape index (κ2) is 6.70. The normalized spacial score (nSPS) is 35.2. The van der Waals surface area contributed by atoms with Crippen LogP contribution in [0.4, 0.5) is 0 Å². The summed E-state index contributed by atoms with van der Waals surface area (Å²) in [6, 6.07) is 20.4. The summed E-state index contributed by atoms with van der Waals surface area (Å²) in [6.07, 6.45) is 3.02. The first kappa shape index (κ1) is 18.9. The number of nitrogens with zero attached hydrogens (tertiary/aromatic N) is 1. The van der Waals surface area contributed by atoms with E-state index in [4.69, 9.17) is 4.74 Å². The third kappa shape index (κ3) is 2.63. The molecular formula is C26H31NO2. The lowest BCUT2D eigenvalue weighted by atomic mass is 9.42. The first-order valence-electron chi connectivity index (χ1n) is 11.0. The Kier molecular flexibility index (Phi) is 4.36. The summed E-state index contributed by atoms with van der Waals surface area (Å²) < 4.78 is 5.54. The molecular weight excluding hydrogens is 358 g/mol. The SMILES string of the molecule is CCOC(=O)C1C[C@]2(C)C3Cc4ccccc4[C@]2(C)CC1N3Cc1ccccc1. The molecule has 29 heavy (non-hydrogen) atoms. The molecule has 2 aliphatic carbocycles. The molecule has 3 heteroatoms. The quantitative estimate of drug-likeness (QED) is 0.708. The minimum atomic E-state index is -0.0294. The Hall–Kier alpha value is -2.13. The van der Waals surface area contributed by atoms with Crippen LogP contribution in [0.15, 0.2) is 54.6 Å². The molecule has 0 amide bonds. The van der Waals surface area contributed by atoms with E-state index in [0.29, 0.717) is 12.6 Å². The van der Waals surface area contributed by atoms with Crippen LogP contribution in [0.5, 0.6) is 0 Å². The van der Waals surface area contributed by atoms with Crippen LogP contribution < -0.4 is 0 Å². The maximum Gasteiger partial charge on any atom is 0.310 e. The first-order chi connectivity index (χ1) is 14.0. The lowest BCUT2D eigenvalue weighted by molar-refractivity contribution is -0.187. The number of hydrogen-bond acceptors (Lipinski definition) is 3. The van der Waals surface area contributed by atoms with Gasteiger partial charge in [0.25, 0.3) is 0 Å². The Morgan fingerprint density at radius 1 is 1.07 bits per heavy atom. The van der Waals surface area contributed by atoms with Gasteiger partial charge in [-0.15, -0.1) is 0 Å². The van der Waals surface area contributed by atoms with Gasteiger partial charge in [-0.1, -0.05) is 68.4 Å². The van der Waals surface area contributed by atoms with Gasteiger partial charge in [-0.05, 0) is 48.3 Å². The molecule has 1 saturated carbocycles. The monoisotopic (exact) mass is 389 g/mol. The maximum atomic E-state index is 12.9. The van der Waals surface area contributed by atoms with Crippen molar-refractivity contribution in [3.8, 4) is 0 Å². The Labute approximate surface area is 174 Å². The van der Waals surface area contributed by atoms with Crippen molar-refractivity contribution in [3.63, 3.8) is 0 Å². The lowest BCUT2D eigenvalue weighted by Gasteiger charge is -2.70. The van der Waals surface area contributed by atoms with Gasteiger partial charge < -0.3 is 4.74 Å². The number of carbonyl (C=O) groups is 1. The standard InChI is InChI=1S/C26H31NO2/c1-4-29-24(28)20-15-26(3)23-14-19-12-8-9-13-21(19)25(26,2)16-22(20)27(23)17-18-10-6-5-7-11-18/h5-13,20,22-23H,4,14-17H2,1-3H3/t20?,22?,23?,25-,26+/m0/s1. The highest BCUT2D eigenvalue weighted by Gasteiger charge is 2.67. The van der Waals surface area contributed by atoms with E-state index in [9.17, 15) is 4.79 Å². The minimum Gasteiger partial charge on any atom is -0.466 e. The van der Waals surface area contributed by atoms with Crippen molar-refractivity contribution in [1.29, 1.82) is 0 Å². The van der Waals surface area contributed by atoms with E-state index in [2.05, 4.69) is 73.3 Å². The van der Waals surface area contributed by atoms with Crippen molar-refractivity contribution in [3.05, 3.63) is 71.3 Å². The van der Waals surface area contributed by atoms with Crippen molar-refractivity contribution in [1.82, 2.24) is 4.90 Å². The van der Waals surface area contributed by atoms with Crippen molar-refractivity contribution >= 4 is 5.97 Å². The van der Waals surface area contributed by atoms with Crippen LogP contribution in [0.25, 0.3) is 0 Å². The molecule has 152 valence electrons. The summed E-state index contributed by atoms with van der Waals surface area (Å²) in [6.45, 7) is 8.16. The van der Waals surface area contributed by atoms with Gasteiger partial charge in [0.15, 0.2) is 0 Å². The van der Waals surface area contributed by atoms with Crippen LogP contribution in [0.2, 0.25) is 0 Å². The molecule has 3 nitrogen and oxygen atoms in total. The van der Waals surface area contributed by atoms with Gasteiger partial charge in [0, 0.05) is 24.0 Å². The summed E-state index contributed by atoms with van der Waals surface area (Å²) in [7, 11) is 0. The Bertz CT molecular complexity index is 925. The molecule has 2 heterocycles. The average molecular weight is 390 g/mol. The van der Waals surface area contributed by atoms with E-state index >= 15 is 0 Å². The zero-order valence-electron chi connectivity index (χ0n) is 17.7. The van der Waals surface area contributed by atoms with Crippen molar-refractivity contribution in [2.24, 2.45) is 11.3 Å². The van der Waals surface area contributed by atoms with E-state index in [1.165, 1.54) is 16.7 Å². The fraction of sp³-hybridized carbons (Fsp3) is 0.500. The van der Waals surface area contributed by atoms with E-state index in [0.717, 1.165) is 25.8 Å². The van der Waals surface area contributed by atoms with Crippen LogP contribution >= 0.6 is 0 Å². The van der Waals surface area contributed by atoms with Crippen molar-refractivity contribution in [2.75, 3.05) is 6.61 Å².